The minimum absolute atomic E-state index is 0.0408. The van der Waals surface area contributed by atoms with Crippen LogP contribution in [0.2, 0.25) is 0 Å². The molecule has 0 atom stereocenters. The second kappa shape index (κ2) is 6.49. The summed E-state index contributed by atoms with van der Waals surface area (Å²) in [6.45, 7) is 0.450. The summed E-state index contributed by atoms with van der Waals surface area (Å²) in [5.74, 6) is -1.89. The lowest BCUT2D eigenvalue weighted by Crippen LogP contribution is -2.42. The number of nitrogens with zero attached hydrogens (tertiary/aromatic N) is 1. The first-order chi connectivity index (χ1) is 9.88. The number of rotatable bonds is 5. The topological polar surface area (TPSA) is 52.6 Å². The molecule has 2 N–H and O–H groups in total. The second-order valence-corrected chi connectivity index (χ2v) is 5.78. The molecule has 0 radical (unpaired) electrons. The molecule has 0 spiro atoms. The fourth-order valence-corrected chi connectivity index (χ4v) is 2.78. The minimum Gasteiger partial charge on any atom is -0.389 e. The van der Waals surface area contributed by atoms with E-state index in [1.807, 2.05) is 0 Å². The molecule has 1 aromatic carbocycles. The van der Waals surface area contributed by atoms with Crippen molar-refractivity contribution in [1.82, 2.24) is 4.90 Å². The van der Waals surface area contributed by atoms with Gasteiger partial charge in [-0.15, -0.1) is 0 Å². The maximum atomic E-state index is 13.4. The molecule has 0 unspecified atom stereocenters. The third kappa shape index (κ3) is 4.47. The zero-order valence-corrected chi connectivity index (χ0v) is 12.0. The largest absolute Gasteiger partial charge is 0.389 e. The Morgan fingerprint density at radius 1 is 1.38 bits per heavy atom. The number of carbonyl (C=O) groups is 1. The predicted molar refractivity (Wildman–Crippen MR) is 75.9 cm³/mol. The first-order valence-corrected chi connectivity index (χ1v) is 7.04. The highest BCUT2D eigenvalue weighted by Gasteiger charge is 2.32. The standard InChI is InChI=1S/C15H20F2N2O2/c1-19(10-15(21)6-2-3-7-15)9-14(20)18-13-5-4-11(16)8-12(13)17/h4-5,8,21H,2-3,6-7,9-10H2,1H3,(H,18,20). The Kier molecular flexibility index (Phi) is 4.90. The van der Waals surface area contributed by atoms with Crippen LogP contribution in [0.1, 0.15) is 25.7 Å². The molecule has 1 aliphatic carbocycles. The third-order valence-electron chi connectivity index (χ3n) is 3.72. The number of hydrogen-bond acceptors (Lipinski definition) is 3. The molecular formula is C15H20F2N2O2. The highest BCUT2D eigenvalue weighted by molar-refractivity contribution is 5.92. The van der Waals surface area contributed by atoms with Gasteiger partial charge in [0.1, 0.15) is 11.6 Å². The smallest absolute Gasteiger partial charge is 0.238 e. The molecule has 21 heavy (non-hydrogen) atoms. The van der Waals surface area contributed by atoms with Crippen molar-refractivity contribution in [2.45, 2.75) is 31.3 Å². The highest BCUT2D eigenvalue weighted by Crippen LogP contribution is 2.29. The van der Waals surface area contributed by atoms with Crippen LogP contribution < -0.4 is 5.32 Å². The molecule has 1 aromatic rings. The highest BCUT2D eigenvalue weighted by atomic mass is 19.1. The maximum absolute atomic E-state index is 13.4. The van der Waals surface area contributed by atoms with Crippen molar-refractivity contribution in [1.29, 1.82) is 0 Å². The number of nitrogens with one attached hydrogen (secondary N) is 1. The van der Waals surface area contributed by atoms with Crippen LogP contribution in [0, 0.1) is 11.6 Å². The average molecular weight is 298 g/mol. The van der Waals surface area contributed by atoms with Crippen LogP contribution in [0.15, 0.2) is 18.2 Å². The van der Waals surface area contributed by atoms with Gasteiger partial charge >= 0.3 is 0 Å². The first-order valence-electron chi connectivity index (χ1n) is 7.04. The number of aliphatic hydroxyl groups is 1. The average Bonchev–Trinajstić information content (AvgIpc) is 2.78. The maximum Gasteiger partial charge on any atom is 0.238 e. The van der Waals surface area contributed by atoms with Crippen molar-refractivity contribution in [2.75, 3.05) is 25.5 Å². The molecule has 0 aromatic heterocycles. The van der Waals surface area contributed by atoms with E-state index in [-0.39, 0.29) is 12.2 Å². The molecule has 0 bridgehead atoms. The molecule has 0 heterocycles. The zero-order valence-electron chi connectivity index (χ0n) is 12.0. The number of amides is 1. The summed E-state index contributed by atoms with van der Waals surface area (Å²) in [4.78, 5) is 13.6. The number of halogens is 2. The van der Waals surface area contributed by atoms with Gasteiger partial charge in [-0.1, -0.05) is 12.8 Å². The van der Waals surface area contributed by atoms with Gasteiger partial charge in [0.25, 0.3) is 0 Å². The molecule has 6 heteroatoms. The normalized spacial score (nSPS) is 17.2. The second-order valence-electron chi connectivity index (χ2n) is 5.78. The summed E-state index contributed by atoms with van der Waals surface area (Å²) < 4.78 is 26.2. The number of anilines is 1. The van der Waals surface area contributed by atoms with Gasteiger partial charge in [0.05, 0.1) is 17.8 Å². The Morgan fingerprint density at radius 2 is 2.05 bits per heavy atom. The van der Waals surface area contributed by atoms with Crippen molar-refractivity contribution in [2.24, 2.45) is 0 Å². The van der Waals surface area contributed by atoms with Crippen LogP contribution in [0.3, 0.4) is 0 Å². The van der Waals surface area contributed by atoms with Crippen LogP contribution in [-0.2, 0) is 4.79 Å². The fourth-order valence-electron chi connectivity index (χ4n) is 2.78. The summed E-state index contributed by atoms with van der Waals surface area (Å²) in [5, 5.41) is 12.7. The molecule has 1 saturated carbocycles. The number of carbonyl (C=O) groups excluding carboxylic acids is 1. The van der Waals surface area contributed by atoms with E-state index >= 15 is 0 Å². The molecular weight excluding hydrogens is 278 g/mol. The van der Waals surface area contributed by atoms with E-state index in [2.05, 4.69) is 5.32 Å². The van der Waals surface area contributed by atoms with Crippen molar-refractivity contribution < 1.29 is 18.7 Å². The van der Waals surface area contributed by atoms with Crippen LogP contribution >= 0.6 is 0 Å². The van der Waals surface area contributed by atoms with Crippen molar-refractivity contribution >= 4 is 11.6 Å². The van der Waals surface area contributed by atoms with Gasteiger partial charge in [-0.2, -0.15) is 0 Å². The minimum atomic E-state index is -0.805. The summed E-state index contributed by atoms with van der Waals surface area (Å²) in [6.07, 6.45) is 3.48. The van der Waals surface area contributed by atoms with Gasteiger partial charge in [-0.25, -0.2) is 8.78 Å². The van der Waals surface area contributed by atoms with E-state index in [0.29, 0.717) is 6.54 Å². The Morgan fingerprint density at radius 3 is 2.67 bits per heavy atom. The van der Waals surface area contributed by atoms with Gasteiger partial charge < -0.3 is 10.4 Å². The quantitative estimate of drug-likeness (QED) is 0.875. The van der Waals surface area contributed by atoms with Crippen LogP contribution in [0.25, 0.3) is 0 Å². The Labute approximate surface area is 122 Å². The molecule has 0 saturated heterocycles. The molecule has 4 nitrogen and oxygen atoms in total. The zero-order chi connectivity index (χ0) is 15.5. The van der Waals surface area contributed by atoms with Crippen LogP contribution in [0.5, 0.6) is 0 Å². The Balaban J connectivity index is 1.86. The molecule has 1 amide bonds. The number of benzene rings is 1. The lowest BCUT2D eigenvalue weighted by Gasteiger charge is -2.28. The van der Waals surface area contributed by atoms with Crippen molar-refractivity contribution in [3.8, 4) is 0 Å². The van der Waals surface area contributed by atoms with E-state index in [0.717, 1.165) is 37.8 Å². The predicted octanol–water partition coefficient (Wildman–Crippen LogP) is 2.14. The van der Waals surface area contributed by atoms with Crippen LogP contribution in [-0.4, -0.2) is 41.7 Å². The third-order valence-corrected chi connectivity index (χ3v) is 3.72. The van der Waals surface area contributed by atoms with E-state index < -0.39 is 23.1 Å². The lowest BCUT2D eigenvalue weighted by atomic mass is 10.0. The van der Waals surface area contributed by atoms with Crippen molar-refractivity contribution in [3.63, 3.8) is 0 Å². The Bertz CT molecular complexity index is 516. The van der Waals surface area contributed by atoms with E-state index in [9.17, 15) is 18.7 Å². The SMILES string of the molecule is CN(CC(=O)Nc1ccc(F)cc1F)CC1(O)CCCC1. The van der Waals surface area contributed by atoms with Gasteiger partial charge in [-0.05, 0) is 32.0 Å². The summed E-state index contributed by atoms with van der Waals surface area (Å²) in [5.41, 5.74) is -0.773. The summed E-state index contributed by atoms with van der Waals surface area (Å²) >= 11 is 0. The van der Waals surface area contributed by atoms with E-state index in [1.165, 1.54) is 6.07 Å². The Hall–Kier alpha value is -1.53. The van der Waals surface area contributed by atoms with Crippen LogP contribution in [0.4, 0.5) is 14.5 Å². The van der Waals surface area contributed by atoms with Gasteiger partial charge in [-0.3, -0.25) is 9.69 Å². The monoisotopic (exact) mass is 298 g/mol. The van der Waals surface area contributed by atoms with Gasteiger partial charge in [0, 0.05) is 12.6 Å². The molecule has 1 aliphatic rings. The fraction of sp³-hybridized carbons (Fsp3) is 0.533. The molecule has 2 rings (SSSR count). The van der Waals surface area contributed by atoms with Crippen molar-refractivity contribution in [3.05, 3.63) is 29.8 Å². The molecule has 0 aliphatic heterocycles. The molecule has 1 fully saturated rings. The first kappa shape index (κ1) is 15.9. The number of hydrogen-bond donors (Lipinski definition) is 2. The molecule has 116 valence electrons. The summed E-state index contributed by atoms with van der Waals surface area (Å²) in [7, 11) is 1.73. The summed E-state index contributed by atoms with van der Waals surface area (Å²) in [6, 6.07) is 3.00. The van der Waals surface area contributed by atoms with E-state index in [1.54, 1.807) is 11.9 Å². The lowest BCUT2D eigenvalue weighted by molar-refractivity contribution is -0.117. The van der Waals surface area contributed by atoms with E-state index in [4.69, 9.17) is 0 Å². The van der Waals surface area contributed by atoms with Gasteiger partial charge in [0.2, 0.25) is 5.91 Å². The van der Waals surface area contributed by atoms with Gasteiger partial charge in [0.15, 0.2) is 0 Å². The number of likely N-dealkylation sites (N-methyl/N-ethyl adjacent to an activating group) is 1.